The molecule has 0 amide bonds. The van der Waals surface area contributed by atoms with E-state index in [0.29, 0.717) is 0 Å². The van der Waals surface area contributed by atoms with Gasteiger partial charge in [0.2, 0.25) is 0 Å². The Labute approximate surface area is 167 Å². The molecule has 0 rings (SSSR count). The van der Waals surface area contributed by atoms with Crippen molar-refractivity contribution in [3.63, 3.8) is 0 Å². The van der Waals surface area contributed by atoms with Gasteiger partial charge in [-0.25, -0.2) is 0 Å². The van der Waals surface area contributed by atoms with Gasteiger partial charge in [0.05, 0.1) is 0 Å². The zero-order chi connectivity index (χ0) is 13.5. The molecule has 0 aromatic rings. The molecule has 0 aliphatic heterocycles. The third-order valence-electron chi connectivity index (χ3n) is 0. The summed E-state index contributed by atoms with van der Waals surface area (Å²) in [4.78, 5) is 0. The van der Waals surface area contributed by atoms with Crippen molar-refractivity contribution in [1.29, 1.82) is 0 Å². The molecule has 0 N–H and O–H groups in total. The maximum atomic E-state index is 8.59. The second-order valence-corrected chi connectivity index (χ2v) is 6.36. The molecule has 0 spiro atoms. The van der Waals surface area contributed by atoms with Gasteiger partial charge in [-0.2, -0.15) is 0 Å². The summed E-state index contributed by atoms with van der Waals surface area (Å²) < 4.78 is 103. The van der Waals surface area contributed by atoms with E-state index in [4.69, 9.17) is 48.1 Å². The number of hydrogen-bond donors (Lipinski definition) is 0. The first kappa shape index (κ1) is 32.0. The first-order chi connectivity index (χ1) is 6.00. The van der Waals surface area contributed by atoms with Gasteiger partial charge in [-0.3, -0.25) is 0 Å². The normalized spacial score (nSPS) is 10.2. The number of hydrogen-bond acceptors (Lipinski definition) is 12. The maximum Gasteiger partial charge on any atom is 3.00 e. The molecule has 0 aromatic carbocycles. The molecule has 0 saturated carbocycles. The average molecular weight is 711 g/mol. The monoisotopic (exact) mass is 714 g/mol. The maximum absolute atomic E-state index is 8.59. The van der Waals surface area contributed by atoms with Crippen molar-refractivity contribution >= 4 is 40.1 Å². The van der Waals surface area contributed by atoms with E-state index < -0.39 is 40.1 Å². The zero-order valence-electron chi connectivity index (χ0n) is 7.28. The minimum Gasteiger partial charge on any atom is 3.00 e. The SMILES string of the molecule is O=[Se](=O)([O-])[O-].O=[Se](=O)([O-])[O-].O=[Se](=O)([O-])[O-].[Pr+3].[Pr+3]. The molecule has 0 saturated heterocycles. The van der Waals surface area contributed by atoms with Crippen LogP contribution in [0.25, 0.3) is 0 Å². The van der Waals surface area contributed by atoms with Crippen molar-refractivity contribution in [2.24, 2.45) is 0 Å². The van der Waals surface area contributed by atoms with Crippen LogP contribution in [0.15, 0.2) is 0 Å². The zero-order valence-corrected chi connectivity index (χ0v) is 19.8. The van der Waals surface area contributed by atoms with Gasteiger partial charge in [0, 0.05) is 0 Å². The van der Waals surface area contributed by atoms with Gasteiger partial charge >= 0.3 is 171 Å². The summed E-state index contributed by atoms with van der Waals surface area (Å²) in [5, 5.41) is 0. The summed E-state index contributed by atoms with van der Waals surface area (Å²) in [6, 6.07) is 0. The van der Waals surface area contributed by atoms with Crippen molar-refractivity contribution < 1.29 is 131 Å². The fourth-order valence-corrected chi connectivity index (χ4v) is 0. The molecule has 0 aliphatic rings. The molecule has 0 atom stereocenters. The van der Waals surface area contributed by atoms with Gasteiger partial charge < -0.3 is 0 Å². The predicted molar refractivity (Wildman–Crippen MR) is 21.4 cm³/mol. The van der Waals surface area contributed by atoms with Crippen molar-refractivity contribution in [3.8, 4) is 0 Å². The van der Waals surface area contributed by atoms with E-state index in [2.05, 4.69) is 0 Å². The fraction of sp³-hybridized carbons (Fsp3) is 0. The van der Waals surface area contributed by atoms with E-state index in [1.54, 1.807) is 0 Å². The van der Waals surface area contributed by atoms with Gasteiger partial charge in [0.1, 0.15) is 0 Å². The Morgan fingerprint density at radius 3 is 0.412 bits per heavy atom. The largest absolute Gasteiger partial charge is 3.00 e. The molecule has 12 nitrogen and oxygen atoms in total. The van der Waals surface area contributed by atoms with Crippen LogP contribution in [-0.4, -0.2) is 40.1 Å². The molecule has 0 heterocycles. The van der Waals surface area contributed by atoms with E-state index in [1.807, 2.05) is 0 Å². The second kappa shape index (κ2) is 13.8. The Balaban J connectivity index is -0.0000000400. The first-order valence-corrected chi connectivity index (χ1v) is 10.4. The van der Waals surface area contributed by atoms with E-state index in [9.17, 15) is 0 Å². The van der Waals surface area contributed by atoms with Crippen LogP contribution >= 0.6 is 0 Å². The summed E-state index contributed by atoms with van der Waals surface area (Å²) in [5.41, 5.74) is 0. The summed E-state index contributed by atoms with van der Waals surface area (Å²) in [6.07, 6.45) is 0. The summed E-state index contributed by atoms with van der Waals surface area (Å²) in [6.45, 7) is 0. The summed E-state index contributed by atoms with van der Waals surface area (Å²) in [5.74, 6) is 0. The van der Waals surface area contributed by atoms with Crippen molar-refractivity contribution in [3.05, 3.63) is 0 Å². The third kappa shape index (κ3) is 660. The molecule has 0 radical (unpaired) electrons. The van der Waals surface area contributed by atoms with Crippen molar-refractivity contribution in [2.75, 3.05) is 0 Å². The minimum atomic E-state index is -5.75. The second-order valence-electron chi connectivity index (χ2n) is 1.22. The molecule has 0 aliphatic carbocycles. The topological polar surface area (TPSA) is 241 Å². The van der Waals surface area contributed by atoms with Crippen LogP contribution in [0.4, 0.5) is 0 Å². The number of rotatable bonds is 0. The van der Waals surface area contributed by atoms with E-state index in [0.717, 1.165) is 0 Å². The Kier molecular flexibility index (Phi) is 26.0. The smallest absolute Gasteiger partial charge is 3.00 e. The molecule has 0 aromatic heterocycles. The predicted octanol–water partition coefficient (Wildman–Crippen LogP) is -8.99. The van der Waals surface area contributed by atoms with Gasteiger partial charge in [-0.1, -0.05) is 0 Å². The van der Waals surface area contributed by atoms with Gasteiger partial charge in [-0.15, -0.1) is 0 Å². The molecule has 17 heavy (non-hydrogen) atoms. The summed E-state index contributed by atoms with van der Waals surface area (Å²) in [7, 11) is 0. The molecule has 17 heteroatoms. The van der Waals surface area contributed by atoms with Gasteiger partial charge in [0.25, 0.3) is 0 Å². The van der Waals surface area contributed by atoms with Crippen LogP contribution in [0.2, 0.25) is 0 Å². The van der Waals surface area contributed by atoms with Crippen LogP contribution in [0.5, 0.6) is 0 Å². The molecule has 96 valence electrons. The standard InChI is InChI=1S/3H2O4Se.2Pr/c3*1-5(2,3)4;;/h3*(H2,1,2,3,4);;/q;;;2*+3/p-6. The average Bonchev–Trinajstić information content (AvgIpc) is 1.41. The van der Waals surface area contributed by atoms with Crippen LogP contribution in [-0.2, 0) is 23.0 Å². The van der Waals surface area contributed by atoms with E-state index >= 15 is 0 Å². The first-order valence-electron chi connectivity index (χ1n) is 2.00. The van der Waals surface area contributed by atoms with Gasteiger partial charge in [-0.05, 0) is 0 Å². The van der Waals surface area contributed by atoms with E-state index in [-0.39, 0.29) is 82.6 Å². The van der Waals surface area contributed by atoms with Crippen molar-refractivity contribution in [1.82, 2.24) is 0 Å². The quantitative estimate of drug-likeness (QED) is 0.213. The Hall–Kier alpha value is 2.85. The third-order valence-corrected chi connectivity index (χ3v) is 0. The van der Waals surface area contributed by atoms with Gasteiger partial charge in [0.15, 0.2) is 0 Å². The summed E-state index contributed by atoms with van der Waals surface area (Å²) >= 11 is -17.2. The Morgan fingerprint density at radius 1 is 0.412 bits per heavy atom. The molecule has 0 unspecified atom stereocenters. The van der Waals surface area contributed by atoms with Crippen LogP contribution in [0.3, 0.4) is 0 Å². The van der Waals surface area contributed by atoms with Crippen molar-refractivity contribution in [2.45, 2.75) is 0 Å². The minimum absolute atomic E-state index is 0. The van der Waals surface area contributed by atoms with Crippen LogP contribution in [0.1, 0.15) is 0 Å². The van der Waals surface area contributed by atoms with Crippen LogP contribution in [0, 0.1) is 82.6 Å². The molecule has 0 bridgehead atoms. The molecular formula is O12Pr2Se3. The Morgan fingerprint density at radius 2 is 0.412 bits per heavy atom. The fourth-order valence-electron chi connectivity index (χ4n) is 0. The van der Waals surface area contributed by atoms with Crippen LogP contribution < -0.4 is 25.1 Å². The Bertz CT molecular complexity index is 341. The van der Waals surface area contributed by atoms with E-state index in [1.165, 1.54) is 0 Å². The molecule has 0 fully saturated rings. The molecular weight excluding hydrogens is 711 g/mol.